The lowest BCUT2D eigenvalue weighted by Crippen LogP contribution is -2.53. The molecule has 1 aromatic heterocycles. The summed E-state index contributed by atoms with van der Waals surface area (Å²) in [5.74, 6) is -2.52. The van der Waals surface area contributed by atoms with Crippen molar-refractivity contribution < 1.29 is 28.2 Å². The van der Waals surface area contributed by atoms with Gasteiger partial charge in [0.1, 0.15) is 11.4 Å². The Labute approximate surface area is 227 Å². The van der Waals surface area contributed by atoms with Gasteiger partial charge in [-0.25, -0.2) is 4.39 Å². The van der Waals surface area contributed by atoms with Gasteiger partial charge in [0.2, 0.25) is 24.5 Å². The van der Waals surface area contributed by atoms with Crippen LogP contribution in [-0.2, 0) is 32.9 Å². The number of nitrogens with zero attached hydrogens (tertiary/aromatic N) is 1. The number of ether oxygens (including phenoxy) is 2. The Morgan fingerprint density at radius 2 is 1.82 bits per heavy atom. The van der Waals surface area contributed by atoms with E-state index in [1.54, 1.807) is 18.2 Å². The van der Waals surface area contributed by atoms with E-state index in [1.807, 2.05) is 30.5 Å². The van der Waals surface area contributed by atoms with Crippen molar-refractivity contribution in [2.75, 3.05) is 12.1 Å². The number of aromatic nitrogens is 1. The Bertz CT molecular complexity index is 1770. The van der Waals surface area contributed by atoms with Crippen LogP contribution in [0.1, 0.15) is 16.7 Å². The summed E-state index contributed by atoms with van der Waals surface area (Å²) in [6.07, 6.45) is 2.28. The zero-order valence-electron chi connectivity index (χ0n) is 21.1. The van der Waals surface area contributed by atoms with Gasteiger partial charge in [-0.2, -0.15) is 0 Å². The molecule has 8 rings (SSSR count). The van der Waals surface area contributed by atoms with Gasteiger partial charge in [-0.05, 0) is 53.9 Å². The molecular formula is C30H23FN4O5. The second-order valence-electron chi connectivity index (χ2n) is 10.7. The number of rotatable bonds is 4. The summed E-state index contributed by atoms with van der Waals surface area (Å²) in [5, 5.41) is 7.21. The van der Waals surface area contributed by atoms with E-state index < -0.39 is 41.0 Å². The van der Waals surface area contributed by atoms with Gasteiger partial charge in [-0.3, -0.25) is 24.6 Å². The Balaban J connectivity index is 1.22. The molecule has 5 heterocycles. The van der Waals surface area contributed by atoms with Crippen LogP contribution in [0.3, 0.4) is 0 Å². The summed E-state index contributed by atoms with van der Waals surface area (Å²) in [5.41, 5.74) is 1.81. The maximum absolute atomic E-state index is 14.5. The number of aromatic amines is 1. The lowest BCUT2D eigenvalue weighted by molar-refractivity contribution is -0.143. The first-order chi connectivity index (χ1) is 19.4. The molecule has 3 amide bonds. The number of imide groups is 1. The number of carbonyl (C=O) groups is 3. The number of hydrogen-bond donors (Lipinski definition) is 3. The normalized spacial score (nSPS) is 26.2. The first-order valence-corrected chi connectivity index (χ1v) is 13.1. The van der Waals surface area contributed by atoms with Crippen molar-refractivity contribution >= 4 is 34.3 Å². The highest BCUT2D eigenvalue weighted by Gasteiger charge is 2.70. The van der Waals surface area contributed by atoms with Crippen LogP contribution in [0.4, 0.5) is 10.1 Å². The van der Waals surface area contributed by atoms with Gasteiger partial charge in [0.25, 0.3) is 0 Å². The van der Waals surface area contributed by atoms with E-state index in [2.05, 4.69) is 15.6 Å². The second kappa shape index (κ2) is 8.15. The summed E-state index contributed by atoms with van der Waals surface area (Å²) >= 11 is 0. The minimum absolute atomic E-state index is 0.0226. The number of para-hydroxylation sites is 1. The number of carbonyl (C=O) groups excluding carboxylic acids is 3. The molecule has 2 saturated heterocycles. The summed E-state index contributed by atoms with van der Waals surface area (Å²) in [6.45, 7) is 0.133. The average Bonchev–Trinajstić information content (AvgIpc) is 3.75. The quantitative estimate of drug-likeness (QED) is 0.344. The SMILES string of the molecule is O=C1[C@@H]2[C@H](Cc3c[nH]c4ccccc34)N[C@]3(C(=O)Nc4ccc(F)cc43)[C@@H]2C(=O)N1Cc1ccc2c(c1)OCO2. The highest BCUT2D eigenvalue weighted by molar-refractivity contribution is 6.15. The number of anilines is 1. The lowest BCUT2D eigenvalue weighted by Gasteiger charge is -2.29. The first-order valence-electron chi connectivity index (χ1n) is 13.1. The molecule has 200 valence electrons. The van der Waals surface area contributed by atoms with Crippen LogP contribution in [0.15, 0.2) is 66.9 Å². The van der Waals surface area contributed by atoms with Crippen LogP contribution in [0.5, 0.6) is 11.5 Å². The van der Waals surface area contributed by atoms with Crippen molar-refractivity contribution in [3.05, 3.63) is 89.4 Å². The molecule has 3 N–H and O–H groups in total. The standard InChI is InChI=1S/C30H23FN4O5/c31-17-6-7-21-19(11-17)30(29(38)33-21)26-25(22(34-30)10-16-12-32-20-4-2-1-3-18(16)20)27(36)35(28(26)37)13-15-5-8-23-24(9-15)40-14-39-23/h1-9,11-12,22,25-26,32,34H,10,13-14H2,(H,33,38)/t22-,25+,26-,30-/m0/s1. The molecule has 4 aliphatic rings. The van der Waals surface area contributed by atoms with Crippen molar-refractivity contribution in [1.29, 1.82) is 0 Å². The molecule has 2 fully saturated rings. The topological polar surface area (TPSA) is 113 Å². The van der Waals surface area contributed by atoms with Gasteiger partial charge in [0.05, 0.1) is 18.4 Å². The molecule has 0 aliphatic carbocycles. The zero-order chi connectivity index (χ0) is 27.2. The van der Waals surface area contributed by atoms with Gasteiger partial charge in [-0.15, -0.1) is 0 Å². The summed E-state index contributed by atoms with van der Waals surface area (Å²) in [4.78, 5) is 46.4. The molecule has 4 aliphatic heterocycles. The number of fused-ring (bicyclic) bond motifs is 6. The maximum atomic E-state index is 14.5. The van der Waals surface area contributed by atoms with E-state index >= 15 is 0 Å². The van der Waals surface area contributed by atoms with Crippen LogP contribution >= 0.6 is 0 Å². The Morgan fingerprint density at radius 3 is 2.73 bits per heavy atom. The molecule has 9 nitrogen and oxygen atoms in total. The fraction of sp³-hybridized carbons (Fsp3) is 0.233. The second-order valence-corrected chi connectivity index (χ2v) is 10.7. The van der Waals surface area contributed by atoms with E-state index in [4.69, 9.17) is 9.47 Å². The predicted octanol–water partition coefficient (Wildman–Crippen LogP) is 3.20. The number of nitrogens with one attached hydrogen (secondary N) is 3. The Hall–Kier alpha value is -4.70. The summed E-state index contributed by atoms with van der Waals surface area (Å²) in [7, 11) is 0. The lowest BCUT2D eigenvalue weighted by atomic mass is 9.76. The molecule has 0 bridgehead atoms. The number of benzene rings is 3. The van der Waals surface area contributed by atoms with E-state index in [-0.39, 0.29) is 19.2 Å². The Morgan fingerprint density at radius 1 is 0.975 bits per heavy atom. The third-order valence-electron chi connectivity index (χ3n) is 8.66. The van der Waals surface area contributed by atoms with Crippen LogP contribution in [0, 0.1) is 17.7 Å². The number of halogens is 1. The number of amides is 3. The minimum Gasteiger partial charge on any atom is -0.454 e. The van der Waals surface area contributed by atoms with Crippen molar-refractivity contribution in [2.45, 2.75) is 24.5 Å². The first kappa shape index (κ1) is 23.2. The monoisotopic (exact) mass is 538 g/mol. The largest absolute Gasteiger partial charge is 0.454 e. The maximum Gasteiger partial charge on any atom is 0.250 e. The van der Waals surface area contributed by atoms with Gasteiger partial charge >= 0.3 is 0 Å². The van der Waals surface area contributed by atoms with Gasteiger partial charge in [-0.1, -0.05) is 24.3 Å². The zero-order valence-corrected chi connectivity index (χ0v) is 21.1. The van der Waals surface area contributed by atoms with Crippen LogP contribution in [0.2, 0.25) is 0 Å². The molecule has 10 heteroatoms. The van der Waals surface area contributed by atoms with Crippen LogP contribution < -0.4 is 20.1 Å². The number of hydrogen-bond acceptors (Lipinski definition) is 6. The fourth-order valence-corrected chi connectivity index (χ4v) is 6.92. The molecule has 0 saturated carbocycles. The van der Waals surface area contributed by atoms with E-state index in [1.165, 1.54) is 23.1 Å². The highest BCUT2D eigenvalue weighted by Crippen LogP contribution is 2.53. The minimum atomic E-state index is -1.57. The Kier molecular flexibility index (Phi) is 4.73. The third-order valence-corrected chi connectivity index (χ3v) is 8.66. The third kappa shape index (κ3) is 3.07. The van der Waals surface area contributed by atoms with Crippen molar-refractivity contribution in [3.8, 4) is 11.5 Å². The number of H-pyrrole nitrogens is 1. The van der Waals surface area contributed by atoms with Crippen molar-refractivity contribution in [3.63, 3.8) is 0 Å². The van der Waals surface area contributed by atoms with Crippen molar-refractivity contribution in [2.24, 2.45) is 11.8 Å². The molecule has 4 atom stereocenters. The molecule has 4 aromatic rings. The summed E-state index contributed by atoms with van der Waals surface area (Å²) < 4.78 is 25.4. The van der Waals surface area contributed by atoms with E-state index in [0.29, 0.717) is 34.7 Å². The fourth-order valence-electron chi connectivity index (χ4n) is 6.92. The molecular weight excluding hydrogens is 515 g/mol. The molecule has 3 aromatic carbocycles. The van der Waals surface area contributed by atoms with Crippen LogP contribution in [-0.4, -0.2) is 40.4 Å². The summed E-state index contributed by atoms with van der Waals surface area (Å²) in [6, 6.07) is 16.6. The molecule has 1 spiro atoms. The van der Waals surface area contributed by atoms with Gasteiger partial charge in [0.15, 0.2) is 11.5 Å². The molecule has 40 heavy (non-hydrogen) atoms. The van der Waals surface area contributed by atoms with Crippen LogP contribution in [0.25, 0.3) is 10.9 Å². The average molecular weight is 539 g/mol. The van der Waals surface area contributed by atoms with Gasteiger partial charge in [0, 0.05) is 34.4 Å². The smallest absolute Gasteiger partial charge is 0.250 e. The molecule has 0 radical (unpaired) electrons. The number of likely N-dealkylation sites (tertiary alicyclic amines) is 1. The van der Waals surface area contributed by atoms with E-state index in [0.717, 1.165) is 16.5 Å². The van der Waals surface area contributed by atoms with Gasteiger partial charge < -0.3 is 19.8 Å². The predicted molar refractivity (Wildman–Crippen MR) is 141 cm³/mol. The highest BCUT2D eigenvalue weighted by atomic mass is 19.1. The molecule has 0 unspecified atom stereocenters. The van der Waals surface area contributed by atoms with E-state index in [9.17, 15) is 18.8 Å². The van der Waals surface area contributed by atoms with Crippen molar-refractivity contribution in [1.82, 2.24) is 15.2 Å².